The number of thiophene rings is 1. The summed E-state index contributed by atoms with van der Waals surface area (Å²) in [6, 6.07) is 10.9. The summed E-state index contributed by atoms with van der Waals surface area (Å²) in [6.07, 6.45) is -3.17. The zero-order valence-corrected chi connectivity index (χ0v) is 18.1. The number of hydrogen-bond donors (Lipinski definition) is 3. The van der Waals surface area contributed by atoms with Crippen LogP contribution in [0.1, 0.15) is 5.56 Å². The summed E-state index contributed by atoms with van der Waals surface area (Å²) in [6.45, 7) is 0. The molecule has 1 unspecified atom stereocenters. The minimum Gasteiger partial charge on any atom is -0.496 e. The summed E-state index contributed by atoms with van der Waals surface area (Å²) in [5.41, 5.74) is 2.80. The van der Waals surface area contributed by atoms with Crippen LogP contribution >= 0.6 is 27.3 Å². The SMILES string of the molecule is COc1cc(Br)c2[nH]c(=O)c3sccc3c2c1-c1ccc(CC(F)NC(=O)O)cc1. The molecule has 9 heteroatoms. The van der Waals surface area contributed by atoms with Crippen LogP contribution in [0, 0.1) is 0 Å². The number of benzene rings is 2. The highest BCUT2D eigenvalue weighted by Gasteiger charge is 2.19. The Morgan fingerprint density at radius 3 is 2.73 bits per heavy atom. The van der Waals surface area contributed by atoms with Gasteiger partial charge in [-0.3, -0.25) is 10.1 Å². The monoisotopic (exact) mass is 490 g/mol. The molecule has 4 aromatic rings. The molecule has 0 bridgehead atoms. The first kappa shape index (κ1) is 20.4. The third kappa shape index (κ3) is 3.66. The van der Waals surface area contributed by atoms with E-state index in [1.54, 1.807) is 30.6 Å². The van der Waals surface area contributed by atoms with Crippen LogP contribution in [0.15, 0.2) is 51.0 Å². The number of nitrogens with one attached hydrogen (secondary N) is 2. The van der Waals surface area contributed by atoms with E-state index in [0.29, 0.717) is 26.0 Å². The highest BCUT2D eigenvalue weighted by Crippen LogP contribution is 2.43. The van der Waals surface area contributed by atoms with E-state index >= 15 is 0 Å². The molecule has 0 aliphatic carbocycles. The first-order chi connectivity index (χ1) is 14.4. The van der Waals surface area contributed by atoms with Gasteiger partial charge in [-0.2, -0.15) is 0 Å². The third-order valence-corrected chi connectivity index (χ3v) is 6.32. The number of methoxy groups -OCH3 is 1. The molecule has 3 N–H and O–H groups in total. The Morgan fingerprint density at radius 1 is 1.33 bits per heavy atom. The number of carboxylic acid groups (broad SMARTS) is 1. The van der Waals surface area contributed by atoms with Crippen LogP contribution in [0.3, 0.4) is 0 Å². The van der Waals surface area contributed by atoms with E-state index in [9.17, 15) is 14.0 Å². The third-order valence-electron chi connectivity index (χ3n) is 4.78. The lowest BCUT2D eigenvalue weighted by molar-refractivity contribution is 0.172. The molecule has 0 fully saturated rings. The van der Waals surface area contributed by atoms with Crippen molar-refractivity contribution in [2.75, 3.05) is 7.11 Å². The molecule has 0 aliphatic rings. The van der Waals surface area contributed by atoms with Crippen molar-refractivity contribution in [2.45, 2.75) is 12.7 Å². The molecule has 2 heterocycles. The van der Waals surface area contributed by atoms with Crippen molar-refractivity contribution in [1.82, 2.24) is 10.3 Å². The van der Waals surface area contributed by atoms with Crippen molar-refractivity contribution in [3.63, 3.8) is 0 Å². The fourth-order valence-corrected chi connectivity index (χ4v) is 4.82. The average Bonchev–Trinajstić information content (AvgIpc) is 3.19. The molecule has 6 nitrogen and oxygen atoms in total. The van der Waals surface area contributed by atoms with Crippen molar-refractivity contribution < 1.29 is 19.0 Å². The Labute approximate surface area is 182 Å². The Balaban J connectivity index is 1.88. The van der Waals surface area contributed by atoms with Crippen molar-refractivity contribution >= 4 is 54.3 Å². The summed E-state index contributed by atoms with van der Waals surface area (Å²) in [5, 5.41) is 14.0. The van der Waals surface area contributed by atoms with Crippen LogP contribution in [-0.2, 0) is 6.42 Å². The standard InChI is InChI=1S/C21H16BrFN2O4S/c1-29-14-9-13(22)18-17(12-6-7-30-19(12)20(26)25-18)16(14)11-4-2-10(3-5-11)8-15(23)24-21(27)28/h2-7,9,15,24H,8H2,1H3,(H,25,26)(H,27,28). The molecule has 1 atom stereocenters. The molecule has 0 saturated heterocycles. The van der Waals surface area contributed by atoms with E-state index in [1.165, 1.54) is 11.3 Å². The van der Waals surface area contributed by atoms with Crippen LogP contribution in [0.5, 0.6) is 5.75 Å². The van der Waals surface area contributed by atoms with E-state index < -0.39 is 12.4 Å². The second kappa shape index (κ2) is 8.08. The number of alkyl halides is 1. The van der Waals surface area contributed by atoms with Crippen LogP contribution < -0.4 is 15.6 Å². The van der Waals surface area contributed by atoms with E-state index in [2.05, 4.69) is 20.9 Å². The molecule has 0 radical (unpaired) electrons. The lowest BCUT2D eigenvalue weighted by atomic mass is 9.96. The quantitative estimate of drug-likeness (QED) is 0.331. The molecule has 30 heavy (non-hydrogen) atoms. The zero-order valence-electron chi connectivity index (χ0n) is 15.7. The van der Waals surface area contributed by atoms with E-state index in [0.717, 1.165) is 21.9 Å². The maximum Gasteiger partial charge on any atom is 0.406 e. The minimum atomic E-state index is -1.69. The Kier molecular flexibility index (Phi) is 5.48. The van der Waals surface area contributed by atoms with Crippen LogP contribution in [0.25, 0.3) is 32.1 Å². The van der Waals surface area contributed by atoms with Gasteiger partial charge in [0.2, 0.25) is 0 Å². The number of rotatable bonds is 5. The number of fused-ring (bicyclic) bond motifs is 3. The minimum absolute atomic E-state index is 0.0765. The summed E-state index contributed by atoms with van der Waals surface area (Å²) < 4.78 is 20.7. The first-order valence-electron chi connectivity index (χ1n) is 8.91. The van der Waals surface area contributed by atoms with Gasteiger partial charge in [0.25, 0.3) is 5.56 Å². The smallest absolute Gasteiger partial charge is 0.406 e. The number of aromatic nitrogens is 1. The van der Waals surface area contributed by atoms with Crippen LogP contribution in [-0.4, -0.2) is 29.6 Å². The topological polar surface area (TPSA) is 91.4 Å². The second-order valence-electron chi connectivity index (χ2n) is 6.62. The van der Waals surface area contributed by atoms with Gasteiger partial charge in [-0.15, -0.1) is 11.3 Å². The number of ether oxygens (including phenoxy) is 1. The molecular weight excluding hydrogens is 475 g/mol. The Bertz CT molecular complexity index is 1320. The number of amides is 1. The van der Waals surface area contributed by atoms with Crippen LogP contribution in [0.4, 0.5) is 9.18 Å². The van der Waals surface area contributed by atoms with Gasteiger partial charge >= 0.3 is 6.09 Å². The summed E-state index contributed by atoms with van der Waals surface area (Å²) in [7, 11) is 1.58. The predicted molar refractivity (Wildman–Crippen MR) is 119 cm³/mol. The van der Waals surface area contributed by atoms with Crippen molar-refractivity contribution in [3.8, 4) is 16.9 Å². The van der Waals surface area contributed by atoms with Crippen molar-refractivity contribution in [2.24, 2.45) is 0 Å². The lowest BCUT2D eigenvalue weighted by Crippen LogP contribution is -2.31. The van der Waals surface area contributed by atoms with Gasteiger partial charge in [-0.1, -0.05) is 24.3 Å². The number of aromatic amines is 1. The van der Waals surface area contributed by atoms with E-state index in [1.807, 2.05) is 23.6 Å². The Morgan fingerprint density at radius 2 is 2.07 bits per heavy atom. The van der Waals surface area contributed by atoms with Gasteiger partial charge in [0, 0.05) is 27.2 Å². The fourth-order valence-electron chi connectivity index (χ4n) is 3.52. The molecule has 0 saturated carbocycles. The van der Waals surface area contributed by atoms with Gasteiger partial charge in [0.1, 0.15) is 10.4 Å². The summed E-state index contributed by atoms with van der Waals surface area (Å²) in [4.78, 5) is 26.0. The molecule has 2 aromatic heterocycles. The largest absolute Gasteiger partial charge is 0.496 e. The summed E-state index contributed by atoms with van der Waals surface area (Å²) in [5.74, 6) is 0.623. The molecule has 4 rings (SSSR count). The lowest BCUT2D eigenvalue weighted by Gasteiger charge is -2.15. The second-order valence-corrected chi connectivity index (χ2v) is 8.39. The van der Waals surface area contributed by atoms with E-state index in [-0.39, 0.29) is 12.0 Å². The van der Waals surface area contributed by atoms with Gasteiger partial charge < -0.3 is 14.8 Å². The average molecular weight is 491 g/mol. The van der Waals surface area contributed by atoms with Gasteiger partial charge in [-0.25, -0.2) is 9.18 Å². The molecule has 1 amide bonds. The number of pyridine rings is 1. The number of halogens is 2. The van der Waals surface area contributed by atoms with Gasteiger partial charge in [0.15, 0.2) is 6.30 Å². The highest BCUT2D eigenvalue weighted by molar-refractivity contribution is 9.10. The maximum atomic E-state index is 13.8. The molecule has 2 aromatic carbocycles. The van der Waals surface area contributed by atoms with Crippen molar-refractivity contribution in [3.05, 3.63) is 62.2 Å². The van der Waals surface area contributed by atoms with Crippen molar-refractivity contribution in [1.29, 1.82) is 0 Å². The van der Waals surface area contributed by atoms with E-state index in [4.69, 9.17) is 9.84 Å². The maximum absolute atomic E-state index is 13.8. The predicted octanol–water partition coefficient (Wildman–Crippen LogP) is 5.29. The number of hydrogen-bond acceptors (Lipinski definition) is 4. The van der Waals surface area contributed by atoms with Crippen LogP contribution in [0.2, 0.25) is 0 Å². The summed E-state index contributed by atoms with van der Waals surface area (Å²) >= 11 is 4.89. The molecular formula is C21H16BrFN2O4S. The molecule has 0 spiro atoms. The Hall–Kier alpha value is -2.91. The molecule has 154 valence electrons. The van der Waals surface area contributed by atoms with Gasteiger partial charge in [-0.05, 0) is 44.6 Å². The highest BCUT2D eigenvalue weighted by atomic mass is 79.9. The first-order valence-corrected chi connectivity index (χ1v) is 10.6. The number of H-pyrrole nitrogens is 1. The van der Waals surface area contributed by atoms with Gasteiger partial charge in [0.05, 0.1) is 12.6 Å². The fraction of sp³-hybridized carbons (Fsp3) is 0.143. The number of carbonyl (C=O) groups is 1. The zero-order chi connectivity index (χ0) is 21.4. The normalized spacial score (nSPS) is 12.2. The molecule has 0 aliphatic heterocycles.